The van der Waals surface area contributed by atoms with Gasteiger partial charge in [0.15, 0.2) is 6.61 Å². The number of amides is 2. The minimum atomic E-state index is -0.375. The number of nitrogens with one attached hydrogen (secondary N) is 2. The van der Waals surface area contributed by atoms with Crippen molar-refractivity contribution in [2.24, 2.45) is 0 Å². The highest BCUT2D eigenvalue weighted by Gasteiger charge is 2.10. The molecular weight excluding hydrogens is 361 g/mol. The molecule has 7 heteroatoms. The highest BCUT2D eigenvalue weighted by molar-refractivity contribution is 6.00. The number of hydrogen-bond donors (Lipinski definition) is 2. The van der Waals surface area contributed by atoms with Gasteiger partial charge in [-0.1, -0.05) is 0 Å². The number of anilines is 1. The van der Waals surface area contributed by atoms with Crippen LogP contribution in [0.5, 0.6) is 5.75 Å². The molecule has 0 fully saturated rings. The smallest absolute Gasteiger partial charge is 0.270 e. The van der Waals surface area contributed by atoms with Crippen molar-refractivity contribution >= 4 is 17.5 Å². The van der Waals surface area contributed by atoms with Crippen molar-refractivity contribution in [3.8, 4) is 5.75 Å². The highest BCUT2D eigenvalue weighted by Crippen LogP contribution is 2.14. The van der Waals surface area contributed by atoms with Crippen molar-refractivity contribution in [3.63, 3.8) is 0 Å². The van der Waals surface area contributed by atoms with Crippen molar-refractivity contribution in [2.75, 3.05) is 17.3 Å². The second-order valence-corrected chi connectivity index (χ2v) is 6.26. The van der Waals surface area contributed by atoms with Gasteiger partial charge in [0.2, 0.25) is 0 Å². The van der Waals surface area contributed by atoms with Crippen molar-refractivity contribution in [2.45, 2.75) is 13.8 Å². The average molecular weight is 381 g/mol. The zero-order valence-electron chi connectivity index (χ0n) is 15.5. The molecule has 0 unspecified atom stereocenters. The van der Waals surface area contributed by atoms with Gasteiger partial charge in [0.05, 0.1) is 0 Å². The molecule has 0 saturated carbocycles. The fraction of sp³-hybridized carbons (Fsp3) is 0.143. The Hall–Kier alpha value is -3.61. The lowest BCUT2D eigenvalue weighted by atomic mass is 10.2. The van der Waals surface area contributed by atoms with Crippen LogP contribution in [0, 0.1) is 19.7 Å². The fourth-order valence-electron chi connectivity index (χ4n) is 2.59. The van der Waals surface area contributed by atoms with Gasteiger partial charge in [-0.25, -0.2) is 4.39 Å². The minimum Gasteiger partial charge on any atom is -0.484 e. The molecule has 0 atom stereocenters. The molecule has 2 N–H and O–H groups in total. The van der Waals surface area contributed by atoms with E-state index in [4.69, 9.17) is 4.74 Å². The maximum absolute atomic E-state index is 12.9. The molecule has 144 valence electrons. The number of carbonyl (C=O) groups excluding carboxylic acids is 2. The molecule has 3 aromatic rings. The topological polar surface area (TPSA) is 72.4 Å². The van der Waals surface area contributed by atoms with E-state index in [-0.39, 0.29) is 24.2 Å². The Morgan fingerprint density at radius 1 is 0.929 bits per heavy atom. The number of aryl methyl sites for hydroxylation is 2. The monoisotopic (exact) mass is 381 g/mol. The lowest BCUT2D eigenvalue weighted by Gasteiger charge is -2.12. The van der Waals surface area contributed by atoms with Crippen LogP contribution in [-0.4, -0.2) is 23.1 Å². The van der Waals surface area contributed by atoms with E-state index >= 15 is 0 Å². The van der Waals surface area contributed by atoms with Crippen LogP contribution in [0.15, 0.2) is 60.7 Å². The first kappa shape index (κ1) is 19.2. The Labute approximate surface area is 161 Å². The van der Waals surface area contributed by atoms with Gasteiger partial charge in [-0.15, -0.1) is 0 Å². The van der Waals surface area contributed by atoms with E-state index in [1.54, 1.807) is 28.9 Å². The summed E-state index contributed by atoms with van der Waals surface area (Å²) in [5.41, 5.74) is 5.63. The standard InChI is InChI=1S/C21H20FN3O3/c1-14-3-4-15(2)25(14)24-21(27)16-5-11-19(12-6-16)28-13-20(26)23-18-9-7-17(22)8-10-18/h3-12H,13H2,1-2H3,(H,23,26)(H,24,27). The first-order valence-corrected chi connectivity index (χ1v) is 8.67. The molecule has 0 aliphatic rings. The lowest BCUT2D eigenvalue weighted by molar-refractivity contribution is -0.118. The first-order chi connectivity index (χ1) is 13.4. The van der Waals surface area contributed by atoms with Gasteiger partial charge in [0.25, 0.3) is 11.8 Å². The van der Waals surface area contributed by atoms with Gasteiger partial charge in [0, 0.05) is 22.6 Å². The summed E-state index contributed by atoms with van der Waals surface area (Å²) in [6, 6.07) is 15.8. The van der Waals surface area contributed by atoms with Gasteiger partial charge >= 0.3 is 0 Å². The summed E-state index contributed by atoms with van der Waals surface area (Å²) in [5, 5.41) is 2.61. The molecule has 0 radical (unpaired) electrons. The van der Waals surface area contributed by atoms with Gasteiger partial charge in [-0.3, -0.25) is 19.7 Å². The summed E-state index contributed by atoms with van der Waals surface area (Å²) in [4.78, 5) is 24.2. The second kappa shape index (κ2) is 8.39. The molecule has 2 amide bonds. The number of hydrogen-bond acceptors (Lipinski definition) is 3. The molecule has 2 aromatic carbocycles. The maximum Gasteiger partial charge on any atom is 0.270 e. The van der Waals surface area contributed by atoms with Crippen LogP contribution in [-0.2, 0) is 4.79 Å². The van der Waals surface area contributed by atoms with Crippen LogP contribution < -0.4 is 15.5 Å². The molecular formula is C21H20FN3O3. The minimum absolute atomic E-state index is 0.204. The normalized spacial score (nSPS) is 10.4. The van der Waals surface area contributed by atoms with Crippen LogP contribution >= 0.6 is 0 Å². The third-order valence-corrected chi connectivity index (χ3v) is 4.10. The average Bonchev–Trinajstić information content (AvgIpc) is 3.00. The molecule has 0 aliphatic carbocycles. The number of benzene rings is 2. The molecule has 6 nitrogen and oxygen atoms in total. The Morgan fingerprint density at radius 3 is 2.14 bits per heavy atom. The number of carbonyl (C=O) groups is 2. The lowest BCUT2D eigenvalue weighted by Crippen LogP contribution is -2.24. The van der Waals surface area contributed by atoms with Crippen LogP contribution in [0.3, 0.4) is 0 Å². The van der Waals surface area contributed by atoms with Crippen molar-refractivity contribution in [3.05, 3.63) is 83.4 Å². The predicted octanol–water partition coefficient (Wildman–Crippen LogP) is 3.65. The number of halogens is 1. The Balaban J connectivity index is 1.53. The van der Waals surface area contributed by atoms with Crippen LogP contribution in [0.25, 0.3) is 0 Å². The first-order valence-electron chi connectivity index (χ1n) is 8.67. The second-order valence-electron chi connectivity index (χ2n) is 6.26. The third-order valence-electron chi connectivity index (χ3n) is 4.10. The maximum atomic E-state index is 12.9. The van der Waals surface area contributed by atoms with E-state index in [2.05, 4.69) is 10.7 Å². The van der Waals surface area contributed by atoms with Gasteiger partial charge < -0.3 is 10.1 Å². The molecule has 0 aliphatic heterocycles. The molecule has 1 aromatic heterocycles. The summed E-state index contributed by atoms with van der Waals surface area (Å²) in [7, 11) is 0. The third kappa shape index (κ3) is 4.76. The summed E-state index contributed by atoms with van der Waals surface area (Å²) < 4.78 is 20.0. The van der Waals surface area contributed by atoms with E-state index in [9.17, 15) is 14.0 Å². The van der Waals surface area contributed by atoms with Crippen molar-refractivity contribution in [1.29, 1.82) is 0 Å². The summed E-state index contributed by atoms with van der Waals surface area (Å²) in [6.45, 7) is 3.60. The van der Waals surface area contributed by atoms with Gasteiger partial charge in [-0.2, -0.15) is 0 Å². The largest absolute Gasteiger partial charge is 0.484 e. The highest BCUT2D eigenvalue weighted by atomic mass is 19.1. The van der Waals surface area contributed by atoms with Crippen LogP contribution in [0.1, 0.15) is 21.7 Å². The molecule has 1 heterocycles. The van der Waals surface area contributed by atoms with Crippen LogP contribution in [0.4, 0.5) is 10.1 Å². The molecule has 0 bridgehead atoms. The zero-order chi connectivity index (χ0) is 20.1. The fourth-order valence-corrected chi connectivity index (χ4v) is 2.59. The summed E-state index contributed by atoms with van der Waals surface area (Å²) in [6.07, 6.45) is 0. The molecule has 28 heavy (non-hydrogen) atoms. The van der Waals surface area contributed by atoms with Crippen molar-refractivity contribution in [1.82, 2.24) is 4.68 Å². The SMILES string of the molecule is Cc1ccc(C)n1NC(=O)c1ccc(OCC(=O)Nc2ccc(F)cc2)cc1. The number of nitrogens with zero attached hydrogens (tertiary/aromatic N) is 1. The van der Waals surface area contributed by atoms with Crippen LogP contribution in [0.2, 0.25) is 0 Å². The molecule has 0 spiro atoms. The van der Waals surface area contributed by atoms with Gasteiger partial charge in [0.1, 0.15) is 11.6 Å². The summed E-state index contributed by atoms with van der Waals surface area (Å²) >= 11 is 0. The summed E-state index contributed by atoms with van der Waals surface area (Å²) in [5.74, 6) is -0.533. The Morgan fingerprint density at radius 2 is 1.54 bits per heavy atom. The van der Waals surface area contributed by atoms with E-state index in [0.717, 1.165) is 11.4 Å². The van der Waals surface area contributed by atoms with E-state index in [0.29, 0.717) is 17.0 Å². The zero-order valence-corrected chi connectivity index (χ0v) is 15.5. The number of rotatable bonds is 6. The number of ether oxygens (including phenoxy) is 1. The quantitative estimate of drug-likeness (QED) is 0.685. The molecule has 3 rings (SSSR count). The van der Waals surface area contributed by atoms with E-state index < -0.39 is 0 Å². The van der Waals surface area contributed by atoms with Gasteiger partial charge in [-0.05, 0) is 74.5 Å². The number of aromatic nitrogens is 1. The van der Waals surface area contributed by atoms with E-state index in [1.807, 2.05) is 26.0 Å². The van der Waals surface area contributed by atoms with E-state index in [1.165, 1.54) is 24.3 Å². The Bertz CT molecular complexity index is 960. The molecule has 0 saturated heterocycles. The predicted molar refractivity (Wildman–Crippen MR) is 105 cm³/mol. The van der Waals surface area contributed by atoms with Crippen molar-refractivity contribution < 1.29 is 18.7 Å². The Kier molecular flexibility index (Phi) is 5.74.